The summed E-state index contributed by atoms with van der Waals surface area (Å²) in [6.07, 6.45) is 1.24. The molecule has 4 rings (SSSR count). The Morgan fingerprint density at radius 3 is 2.50 bits per heavy atom. The van der Waals surface area contributed by atoms with Crippen LogP contribution in [0.2, 0.25) is 10.0 Å². The minimum Gasteiger partial charge on any atom is -0.464 e. The van der Waals surface area contributed by atoms with Gasteiger partial charge in [0.2, 0.25) is 15.9 Å². The van der Waals surface area contributed by atoms with Gasteiger partial charge in [0, 0.05) is 24.7 Å². The zero-order valence-corrected chi connectivity index (χ0v) is 22.2. The van der Waals surface area contributed by atoms with Gasteiger partial charge in [0.05, 0.1) is 24.2 Å². The maximum Gasteiger partial charge on any atom is 0.245 e. The van der Waals surface area contributed by atoms with Crippen LogP contribution in [0.15, 0.2) is 70.0 Å². The molecule has 0 aliphatic carbocycles. The fourth-order valence-corrected chi connectivity index (χ4v) is 6.28. The molecule has 36 heavy (non-hydrogen) atoms. The summed E-state index contributed by atoms with van der Waals surface area (Å²) in [6, 6.07) is 17.4. The molecule has 7 nitrogen and oxygen atoms in total. The Labute approximate surface area is 221 Å². The smallest absolute Gasteiger partial charge is 0.245 e. The van der Waals surface area contributed by atoms with Gasteiger partial charge in [0.15, 0.2) is 0 Å². The van der Waals surface area contributed by atoms with Crippen LogP contribution in [0.5, 0.6) is 0 Å². The minimum atomic E-state index is -4.15. The molecule has 0 unspecified atom stereocenters. The molecule has 0 spiro atoms. The van der Waals surface area contributed by atoms with E-state index in [1.165, 1.54) is 18.2 Å². The van der Waals surface area contributed by atoms with Gasteiger partial charge >= 0.3 is 0 Å². The zero-order chi connectivity index (χ0) is 25.7. The van der Waals surface area contributed by atoms with Gasteiger partial charge < -0.3 is 14.1 Å². The molecule has 1 aromatic heterocycles. The van der Waals surface area contributed by atoms with Crippen LogP contribution in [0.25, 0.3) is 0 Å². The molecule has 10 heteroatoms. The number of hydrogen-bond acceptors (Lipinski definition) is 5. The van der Waals surface area contributed by atoms with Crippen molar-refractivity contribution in [1.29, 1.82) is 0 Å². The van der Waals surface area contributed by atoms with Crippen LogP contribution in [-0.2, 0) is 32.6 Å². The van der Waals surface area contributed by atoms with Crippen LogP contribution >= 0.6 is 23.2 Å². The van der Waals surface area contributed by atoms with Crippen molar-refractivity contribution in [2.75, 3.05) is 19.7 Å². The van der Waals surface area contributed by atoms with Gasteiger partial charge in [-0.15, -0.1) is 0 Å². The molecular weight excluding hydrogens is 523 g/mol. The molecule has 1 atom stereocenters. The average molecular weight is 551 g/mol. The first kappa shape index (κ1) is 26.7. The first-order valence-electron chi connectivity index (χ1n) is 11.7. The minimum absolute atomic E-state index is 0.0377. The Hall–Kier alpha value is -2.36. The molecule has 0 bridgehead atoms. The summed E-state index contributed by atoms with van der Waals surface area (Å²) in [4.78, 5) is 15.1. The van der Waals surface area contributed by atoms with E-state index >= 15 is 0 Å². The van der Waals surface area contributed by atoms with Crippen molar-refractivity contribution < 1.29 is 22.4 Å². The van der Waals surface area contributed by atoms with E-state index in [4.69, 9.17) is 32.4 Å². The summed E-state index contributed by atoms with van der Waals surface area (Å²) < 4.78 is 40.0. The summed E-state index contributed by atoms with van der Waals surface area (Å²) in [5, 5.41) is 0.275. The highest BCUT2D eigenvalue weighted by molar-refractivity contribution is 7.89. The molecule has 0 saturated carbocycles. The summed E-state index contributed by atoms with van der Waals surface area (Å²) in [5.41, 5.74) is 0.917. The highest BCUT2D eigenvalue weighted by Gasteiger charge is 2.33. The molecule has 2 aromatic carbocycles. The van der Waals surface area contributed by atoms with Crippen molar-refractivity contribution >= 4 is 39.1 Å². The maximum atomic E-state index is 13.7. The van der Waals surface area contributed by atoms with Crippen molar-refractivity contribution in [3.63, 3.8) is 0 Å². The largest absolute Gasteiger partial charge is 0.464 e. The molecule has 1 aliphatic rings. The number of rotatable bonds is 10. The molecule has 192 valence electrons. The molecule has 0 N–H and O–H groups in total. The Morgan fingerprint density at radius 2 is 1.83 bits per heavy atom. The molecular formula is C26H28Cl2N2O5S. The van der Waals surface area contributed by atoms with E-state index in [0.717, 1.165) is 22.0 Å². The van der Waals surface area contributed by atoms with Gasteiger partial charge in [-0.1, -0.05) is 53.5 Å². The van der Waals surface area contributed by atoms with Crippen molar-refractivity contribution in [2.24, 2.45) is 0 Å². The quantitative estimate of drug-likeness (QED) is 0.342. The third-order valence-corrected chi connectivity index (χ3v) is 8.49. The second kappa shape index (κ2) is 11.8. The number of furan rings is 1. The number of amides is 1. The topological polar surface area (TPSA) is 80.1 Å². The number of nitrogens with zero attached hydrogens (tertiary/aromatic N) is 2. The molecule has 1 saturated heterocycles. The van der Waals surface area contributed by atoms with E-state index in [1.54, 1.807) is 4.90 Å². The molecule has 1 amide bonds. The van der Waals surface area contributed by atoms with Gasteiger partial charge in [-0.3, -0.25) is 4.79 Å². The van der Waals surface area contributed by atoms with Crippen molar-refractivity contribution in [1.82, 2.24) is 9.21 Å². The lowest BCUT2D eigenvalue weighted by Gasteiger charge is -2.28. The van der Waals surface area contributed by atoms with E-state index < -0.39 is 10.0 Å². The van der Waals surface area contributed by atoms with E-state index in [0.29, 0.717) is 25.3 Å². The number of sulfonamides is 1. The summed E-state index contributed by atoms with van der Waals surface area (Å²) in [7, 11) is -4.15. The van der Waals surface area contributed by atoms with Crippen molar-refractivity contribution in [2.45, 2.75) is 43.9 Å². The number of carbonyl (C=O) groups excluding carboxylic acids is 1. The molecule has 0 radical (unpaired) electrons. The van der Waals surface area contributed by atoms with Crippen molar-refractivity contribution in [3.05, 3.63) is 87.8 Å². The molecule has 1 fully saturated rings. The third kappa shape index (κ3) is 6.69. The SMILES string of the molecule is Cc1ccc(CN(Cc2ccccc2)C(=O)CN(C[C@@H]2CCCO2)S(=O)(=O)c2cc(Cl)ccc2Cl)o1. The highest BCUT2D eigenvalue weighted by Crippen LogP contribution is 2.29. The number of carbonyl (C=O) groups is 1. The maximum absolute atomic E-state index is 13.7. The van der Waals surface area contributed by atoms with E-state index in [-0.39, 0.29) is 46.6 Å². The Kier molecular flexibility index (Phi) is 8.74. The number of halogens is 2. The predicted molar refractivity (Wildman–Crippen MR) is 138 cm³/mol. The fourth-order valence-electron chi connectivity index (χ4n) is 4.12. The number of ether oxygens (including phenoxy) is 1. The van der Waals surface area contributed by atoms with Crippen LogP contribution < -0.4 is 0 Å². The number of hydrogen-bond donors (Lipinski definition) is 0. The lowest BCUT2D eigenvalue weighted by molar-refractivity contribution is -0.133. The Bertz CT molecular complexity index is 1290. The van der Waals surface area contributed by atoms with Crippen LogP contribution in [0.4, 0.5) is 0 Å². The monoisotopic (exact) mass is 550 g/mol. The lowest BCUT2D eigenvalue weighted by Crippen LogP contribution is -2.45. The Morgan fingerprint density at radius 1 is 1.06 bits per heavy atom. The lowest BCUT2D eigenvalue weighted by atomic mass is 10.2. The summed E-state index contributed by atoms with van der Waals surface area (Å²) >= 11 is 12.3. The van der Waals surface area contributed by atoms with E-state index in [2.05, 4.69) is 0 Å². The van der Waals surface area contributed by atoms with Gasteiger partial charge in [-0.05, 0) is 55.7 Å². The normalized spacial score (nSPS) is 15.9. The molecule has 2 heterocycles. The fraction of sp³-hybridized carbons (Fsp3) is 0.346. The zero-order valence-electron chi connectivity index (χ0n) is 19.9. The highest BCUT2D eigenvalue weighted by atomic mass is 35.5. The Balaban J connectivity index is 1.63. The molecule has 3 aromatic rings. The standard InChI is InChI=1S/C26H28Cl2N2O5S/c1-19-9-11-23(35-19)16-29(15-20-6-3-2-4-7-20)26(31)18-30(17-22-8-5-13-34-22)36(32,33)25-14-21(27)10-12-24(25)28/h2-4,6-7,9-12,14,22H,5,8,13,15-18H2,1H3/t22-/m0/s1. The van der Waals surface area contributed by atoms with Gasteiger partial charge in [0.25, 0.3) is 0 Å². The van der Waals surface area contributed by atoms with Gasteiger partial charge in [-0.25, -0.2) is 8.42 Å². The van der Waals surface area contributed by atoms with E-state index in [9.17, 15) is 13.2 Å². The average Bonchev–Trinajstić information content (AvgIpc) is 3.52. The second-order valence-corrected chi connectivity index (χ2v) is 11.5. The first-order chi connectivity index (χ1) is 17.2. The summed E-state index contributed by atoms with van der Waals surface area (Å²) in [5.74, 6) is 0.978. The molecule has 1 aliphatic heterocycles. The van der Waals surface area contributed by atoms with Crippen LogP contribution in [0, 0.1) is 6.92 Å². The predicted octanol–water partition coefficient (Wildman–Crippen LogP) is 5.29. The summed E-state index contributed by atoms with van der Waals surface area (Å²) in [6.45, 7) is 2.55. The van der Waals surface area contributed by atoms with Crippen LogP contribution in [0.3, 0.4) is 0 Å². The van der Waals surface area contributed by atoms with Gasteiger partial charge in [-0.2, -0.15) is 4.31 Å². The number of aryl methyl sites for hydroxylation is 1. The van der Waals surface area contributed by atoms with Crippen LogP contribution in [-0.4, -0.2) is 49.3 Å². The van der Waals surface area contributed by atoms with Crippen LogP contribution in [0.1, 0.15) is 29.9 Å². The second-order valence-electron chi connectivity index (χ2n) is 8.76. The number of benzene rings is 2. The van der Waals surface area contributed by atoms with Gasteiger partial charge in [0.1, 0.15) is 16.4 Å². The third-order valence-electron chi connectivity index (χ3n) is 5.97. The van der Waals surface area contributed by atoms with Crippen molar-refractivity contribution in [3.8, 4) is 0 Å². The van der Waals surface area contributed by atoms with E-state index in [1.807, 2.05) is 49.4 Å². The first-order valence-corrected chi connectivity index (χ1v) is 13.9.